The molecule has 1 aromatic rings. The molecular formula is C12H16N2O3S. The van der Waals surface area contributed by atoms with Gasteiger partial charge in [0.2, 0.25) is 5.91 Å². The molecule has 1 amide bonds. The van der Waals surface area contributed by atoms with Gasteiger partial charge in [0.1, 0.15) is 11.5 Å². The van der Waals surface area contributed by atoms with Gasteiger partial charge >= 0.3 is 5.97 Å². The molecule has 0 aliphatic carbocycles. The van der Waals surface area contributed by atoms with Crippen LogP contribution in [0.3, 0.4) is 0 Å². The van der Waals surface area contributed by atoms with E-state index in [1.807, 2.05) is 0 Å². The number of aryl methyl sites for hydroxylation is 1. The van der Waals surface area contributed by atoms with Crippen molar-refractivity contribution < 1.29 is 14.3 Å². The Hall–Kier alpha value is -1.43. The van der Waals surface area contributed by atoms with Crippen molar-refractivity contribution in [2.45, 2.75) is 38.6 Å². The van der Waals surface area contributed by atoms with E-state index in [9.17, 15) is 9.59 Å². The molecule has 0 aromatic carbocycles. The second kappa shape index (κ2) is 5.95. The van der Waals surface area contributed by atoms with E-state index in [-0.39, 0.29) is 24.5 Å². The second-order valence-corrected chi connectivity index (χ2v) is 5.39. The zero-order valence-electron chi connectivity index (χ0n) is 10.3. The van der Waals surface area contributed by atoms with Crippen LogP contribution in [0.15, 0.2) is 6.20 Å². The molecule has 0 saturated carbocycles. The zero-order chi connectivity index (χ0) is 13.0. The summed E-state index contributed by atoms with van der Waals surface area (Å²) in [4.78, 5) is 27.4. The van der Waals surface area contributed by atoms with E-state index in [1.165, 1.54) is 11.3 Å². The van der Waals surface area contributed by atoms with E-state index in [1.54, 1.807) is 6.20 Å². The molecule has 6 heteroatoms. The Bertz CT molecular complexity index is 444. The van der Waals surface area contributed by atoms with Crippen molar-refractivity contribution in [2.75, 3.05) is 6.61 Å². The Labute approximate surface area is 110 Å². The Morgan fingerprint density at radius 1 is 1.67 bits per heavy atom. The number of thiazole rings is 1. The molecule has 1 aliphatic rings. The maximum atomic E-state index is 11.7. The summed E-state index contributed by atoms with van der Waals surface area (Å²) in [6.07, 6.45) is 4.71. The Morgan fingerprint density at radius 3 is 3.17 bits per heavy atom. The number of nitrogens with one attached hydrogen (secondary N) is 1. The first-order valence-electron chi connectivity index (χ1n) is 6.10. The van der Waals surface area contributed by atoms with Gasteiger partial charge in [-0.25, -0.2) is 9.78 Å². The number of amides is 1. The molecule has 5 nitrogen and oxygen atoms in total. The van der Waals surface area contributed by atoms with E-state index < -0.39 is 0 Å². The van der Waals surface area contributed by atoms with Crippen LogP contribution in [0.2, 0.25) is 0 Å². The molecule has 1 fully saturated rings. The summed E-state index contributed by atoms with van der Waals surface area (Å²) in [5, 5.41) is 3.71. The van der Waals surface area contributed by atoms with E-state index in [0.717, 1.165) is 24.3 Å². The Kier molecular flexibility index (Phi) is 4.30. The number of nitrogens with zero attached hydrogens (tertiary/aromatic N) is 1. The number of rotatable bonds is 5. The van der Waals surface area contributed by atoms with E-state index in [0.29, 0.717) is 11.3 Å². The molecule has 2 rings (SSSR count). The highest BCUT2D eigenvalue weighted by molar-refractivity contribution is 7.13. The number of esters is 1. The van der Waals surface area contributed by atoms with Gasteiger partial charge in [-0.15, -0.1) is 11.3 Å². The standard InChI is InChI=1S/C12H16N2O3S/c1-2-3-11-13-6-9(18-11)12(16)17-7-8-4-5-10(15)14-8/h6,8H,2-5,7H2,1H3,(H,14,15)/t8-/m1/s1. The lowest BCUT2D eigenvalue weighted by Gasteiger charge is -2.09. The summed E-state index contributed by atoms with van der Waals surface area (Å²) >= 11 is 1.38. The quantitative estimate of drug-likeness (QED) is 0.822. The molecule has 98 valence electrons. The predicted octanol–water partition coefficient (Wildman–Crippen LogP) is 1.53. The van der Waals surface area contributed by atoms with Gasteiger partial charge in [-0.05, 0) is 19.3 Å². The fraction of sp³-hybridized carbons (Fsp3) is 0.583. The first-order chi connectivity index (χ1) is 8.69. The normalized spacial score (nSPS) is 18.7. The lowest BCUT2D eigenvalue weighted by molar-refractivity contribution is -0.119. The molecule has 2 heterocycles. The zero-order valence-corrected chi connectivity index (χ0v) is 11.1. The molecule has 18 heavy (non-hydrogen) atoms. The van der Waals surface area contributed by atoms with Gasteiger partial charge < -0.3 is 10.1 Å². The maximum Gasteiger partial charge on any atom is 0.350 e. The van der Waals surface area contributed by atoms with E-state index in [4.69, 9.17) is 4.74 Å². The van der Waals surface area contributed by atoms with Crippen molar-refractivity contribution in [3.8, 4) is 0 Å². The first-order valence-corrected chi connectivity index (χ1v) is 6.92. The van der Waals surface area contributed by atoms with Crippen molar-refractivity contribution >= 4 is 23.2 Å². The summed E-state index contributed by atoms with van der Waals surface area (Å²) in [5.74, 6) is -0.324. The third kappa shape index (κ3) is 3.29. The smallest absolute Gasteiger partial charge is 0.350 e. The van der Waals surface area contributed by atoms with Gasteiger partial charge in [-0.2, -0.15) is 0 Å². The fourth-order valence-electron chi connectivity index (χ4n) is 1.78. The van der Waals surface area contributed by atoms with Gasteiger partial charge in [0, 0.05) is 6.42 Å². The maximum absolute atomic E-state index is 11.7. The van der Waals surface area contributed by atoms with Crippen LogP contribution in [0.1, 0.15) is 40.9 Å². The van der Waals surface area contributed by atoms with Gasteiger partial charge in [-0.1, -0.05) is 6.92 Å². The topological polar surface area (TPSA) is 68.3 Å². The monoisotopic (exact) mass is 268 g/mol. The number of aromatic nitrogens is 1. The Morgan fingerprint density at radius 2 is 2.50 bits per heavy atom. The summed E-state index contributed by atoms with van der Waals surface area (Å²) in [6.45, 7) is 2.31. The number of carbonyl (C=O) groups excluding carboxylic acids is 2. The van der Waals surface area contributed by atoms with Crippen molar-refractivity contribution in [1.82, 2.24) is 10.3 Å². The van der Waals surface area contributed by atoms with Crippen LogP contribution >= 0.6 is 11.3 Å². The van der Waals surface area contributed by atoms with Gasteiger partial charge in [0.25, 0.3) is 0 Å². The highest BCUT2D eigenvalue weighted by Crippen LogP contribution is 2.16. The molecule has 1 atom stereocenters. The summed E-state index contributed by atoms with van der Waals surface area (Å²) < 4.78 is 5.17. The van der Waals surface area contributed by atoms with Crippen molar-refractivity contribution in [2.24, 2.45) is 0 Å². The highest BCUT2D eigenvalue weighted by Gasteiger charge is 2.22. The van der Waals surface area contributed by atoms with Gasteiger partial charge in [0.05, 0.1) is 17.2 Å². The van der Waals surface area contributed by atoms with Crippen LogP contribution in [0.5, 0.6) is 0 Å². The molecular weight excluding hydrogens is 252 g/mol. The molecule has 0 bridgehead atoms. The van der Waals surface area contributed by atoms with Crippen molar-refractivity contribution in [3.05, 3.63) is 16.1 Å². The third-order valence-corrected chi connectivity index (χ3v) is 3.76. The average molecular weight is 268 g/mol. The van der Waals surface area contributed by atoms with Crippen LogP contribution in [0.25, 0.3) is 0 Å². The molecule has 1 aromatic heterocycles. The molecule has 0 radical (unpaired) electrons. The molecule has 0 unspecified atom stereocenters. The minimum absolute atomic E-state index is 0.0269. The molecule has 0 spiro atoms. The Balaban J connectivity index is 1.81. The summed E-state index contributed by atoms with van der Waals surface area (Å²) in [5.41, 5.74) is 0. The van der Waals surface area contributed by atoms with Gasteiger partial charge in [-0.3, -0.25) is 4.79 Å². The number of hydrogen-bond donors (Lipinski definition) is 1. The first kappa shape index (κ1) is 13.0. The number of ether oxygens (including phenoxy) is 1. The fourth-order valence-corrected chi connectivity index (χ4v) is 2.70. The largest absolute Gasteiger partial charge is 0.459 e. The second-order valence-electron chi connectivity index (χ2n) is 4.27. The van der Waals surface area contributed by atoms with Crippen molar-refractivity contribution in [1.29, 1.82) is 0 Å². The molecule has 1 N–H and O–H groups in total. The van der Waals surface area contributed by atoms with E-state index >= 15 is 0 Å². The minimum atomic E-state index is -0.351. The number of hydrogen-bond acceptors (Lipinski definition) is 5. The van der Waals surface area contributed by atoms with Crippen LogP contribution in [-0.4, -0.2) is 29.5 Å². The SMILES string of the molecule is CCCc1ncc(C(=O)OC[C@H]2CCC(=O)N2)s1. The lowest BCUT2D eigenvalue weighted by Crippen LogP contribution is -2.30. The molecule has 1 aliphatic heterocycles. The summed E-state index contributed by atoms with van der Waals surface area (Å²) in [6, 6.07) is -0.0375. The van der Waals surface area contributed by atoms with Gasteiger partial charge in [0.15, 0.2) is 0 Å². The van der Waals surface area contributed by atoms with E-state index in [2.05, 4.69) is 17.2 Å². The highest BCUT2D eigenvalue weighted by atomic mass is 32.1. The lowest BCUT2D eigenvalue weighted by atomic mass is 10.2. The average Bonchev–Trinajstić information content (AvgIpc) is 2.96. The summed E-state index contributed by atoms with van der Waals surface area (Å²) in [7, 11) is 0. The number of carbonyl (C=O) groups is 2. The van der Waals surface area contributed by atoms with Crippen LogP contribution in [0.4, 0.5) is 0 Å². The third-order valence-electron chi connectivity index (χ3n) is 2.72. The van der Waals surface area contributed by atoms with Crippen LogP contribution < -0.4 is 5.32 Å². The predicted molar refractivity (Wildman–Crippen MR) is 67.6 cm³/mol. The van der Waals surface area contributed by atoms with Crippen LogP contribution in [-0.2, 0) is 16.0 Å². The minimum Gasteiger partial charge on any atom is -0.459 e. The molecule has 1 saturated heterocycles. The van der Waals surface area contributed by atoms with Crippen LogP contribution in [0, 0.1) is 0 Å². The van der Waals surface area contributed by atoms with Crippen molar-refractivity contribution in [3.63, 3.8) is 0 Å².